The largest absolute Gasteiger partial charge is 0.491 e. The van der Waals surface area contributed by atoms with Gasteiger partial charge >= 0.3 is 0 Å². The van der Waals surface area contributed by atoms with Gasteiger partial charge in [-0.1, -0.05) is 0 Å². The van der Waals surface area contributed by atoms with E-state index in [-0.39, 0.29) is 6.10 Å². The molecule has 0 atom stereocenters. The van der Waals surface area contributed by atoms with Crippen LogP contribution in [0.1, 0.15) is 13.8 Å². The maximum atomic E-state index is 5.63. The summed E-state index contributed by atoms with van der Waals surface area (Å²) in [5.74, 6) is 0.933. The van der Waals surface area contributed by atoms with Crippen molar-refractivity contribution < 1.29 is 4.74 Å². The van der Waals surface area contributed by atoms with Crippen LogP contribution in [0.3, 0.4) is 0 Å². The highest BCUT2D eigenvalue weighted by molar-refractivity contribution is 5.46. The summed E-state index contributed by atoms with van der Waals surface area (Å²) in [7, 11) is 0. The summed E-state index contributed by atoms with van der Waals surface area (Å²) < 4.78 is 5.63. The van der Waals surface area contributed by atoms with Crippen molar-refractivity contribution in [1.82, 2.24) is 10.2 Å². The molecule has 0 radical (unpaired) electrons. The van der Waals surface area contributed by atoms with Crippen LogP contribution >= 0.6 is 0 Å². The lowest BCUT2D eigenvalue weighted by Gasteiger charge is -2.27. The second-order valence-corrected chi connectivity index (χ2v) is 5.21. The number of ether oxygens (including phenoxy) is 1. The molecule has 0 spiro atoms. The molecule has 4 nitrogen and oxygen atoms in total. The van der Waals surface area contributed by atoms with E-state index in [4.69, 9.17) is 4.74 Å². The number of benzene rings is 1. The van der Waals surface area contributed by atoms with Gasteiger partial charge < -0.3 is 15.4 Å². The van der Waals surface area contributed by atoms with Gasteiger partial charge in [0.2, 0.25) is 0 Å². The molecule has 1 fully saturated rings. The number of piperazine rings is 1. The van der Waals surface area contributed by atoms with Crippen LogP contribution in [0.25, 0.3) is 0 Å². The first kappa shape index (κ1) is 14.2. The molecule has 1 aromatic rings. The Kier molecular flexibility index (Phi) is 5.48. The van der Waals surface area contributed by atoms with Crippen molar-refractivity contribution >= 4 is 5.69 Å². The lowest BCUT2D eigenvalue weighted by atomic mass is 10.3. The maximum absolute atomic E-state index is 5.63. The van der Waals surface area contributed by atoms with E-state index in [0.29, 0.717) is 0 Å². The van der Waals surface area contributed by atoms with Gasteiger partial charge in [0.15, 0.2) is 0 Å². The summed E-state index contributed by atoms with van der Waals surface area (Å²) in [4.78, 5) is 2.49. The minimum Gasteiger partial charge on any atom is -0.491 e. The molecule has 0 unspecified atom stereocenters. The third-order valence-corrected chi connectivity index (χ3v) is 3.19. The topological polar surface area (TPSA) is 36.5 Å². The summed E-state index contributed by atoms with van der Waals surface area (Å²) >= 11 is 0. The first-order valence-electron chi connectivity index (χ1n) is 7.18. The quantitative estimate of drug-likeness (QED) is 0.820. The maximum Gasteiger partial charge on any atom is 0.119 e. The zero-order valence-corrected chi connectivity index (χ0v) is 12.0. The smallest absolute Gasteiger partial charge is 0.119 e. The van der Waals surface area contributed by atoms with Gasteiger partial charge in [-0.25, -0.2) is 0 Å². The highest BCUT2D eigenvalue weighted by Gasteiger charge is 2.08. The van der Waals surface area contributed by atoms with Crippen molar-refractivity contribution in [3.8, 4) is 5.75 Å². The summed E-state index contributed by atoms with van der Waals surface area (Å²) in [5, 5.41) is 6.82. The predicted molar refractivity (Wildman–Crippen MR) is 80.0 cm³/mol. The third kappa shape index (κ3) is 5.09. The normalized spacial score (nSPS) is 16.6. The van der Waals surface area contributed by atoms with E-state index < -0.39 is 0 Å². The van der Waals surface area contributed by atoms with Crippen LogP contribution in [0.15, 0.2) is 24.3 Å². The first-order valence-corrected chi connectivity index (χ1v) is 7.18. The number of rotatable bonds is 6. The monoisotopic (exact) mass is 263 g/mol. The van der Waals surface area contributed by atoms with E-state index in [1.807, 2.05) is 26.0 Å². The number of nitrogens with one attached hydrogen (secondary N) is 2. The Balaban J connectivity index is 1.70. The van der Waals surface area contributed by atoms with Gasteiger partial charge in [0.05, 0.1) is 6.10 Å². The van der Waals surface area contributed by atoms with Crippen LogP contribution in [0.4, 0.5) is 5.69 Å². The minimum atomic E-state index is 0.228. The molecule has 0 bridgehead atoms. The molecule has 0 aromatic heterocycles. The summed E-state index contributed by atoms with van der Waals surface area (Å²) in [6.45, 7) is 10.7. The highest BCUT2D eigenvalue weighted by atomic mass is 16.5. The Labute approximate surface area is 116 Å². The lowest BCUT2D eigenvalue weighted by Crippen LogP contribution is -2.45. The van der Waals surface area contributed by atoms with Gasteiger partial charge in [0, 0.05) is 45.0 Å². The van der Waals surface area contributed by atoms with Crippen LogP contribution in [-0.2, 0) is 0 Å². The predicted octanol–water partition coefficient (Wildman–Crippen LogP) is 1.79. The Morgan fingerprint density at radius 3 is 2.53 bits per heavy atom. The molecule has 0 amide bonds. The number of hydrogen-bond donors (Lipinski definition) is 2. The average Bonchev–Trinajstić information content (AvgIpc) is 2.41. The van der Waals surface area contributed by atoms with Crippen LogP contribution in [-0.4, -0.2) is 50.3 Å². The third-order valence-electron chi connectivity index (χ3n) is 3.19. The molecule has 19 heavy (non-hydrogen) atoms. The number of nitrogens with zero attached hydrogens (tertiary/aromatic N) is 1. The average molecular weight is 263 g/mol. The summed E-state index contributed by atoms with van der Waals surface area (Å²) in [5.41, 5.74) is 1.16. The van der Waals surface area contributed by atoms with Crippen molar-refractivity contribution in [2.24, 2.45) is 0 Å². The Hall–Kier alpha value is -1.26. The van der Waals surface area contributed by atoms with Crippen LogP contribution in [0.2, 0.25) is 0 Å². The Morgan fingerprint density at radius 2 is 1.89 bits per heavy atom. The van der Waals surface area contributed by atoms with E-state index in [9.17, 15) is 0 Å². The molecule has 1 aliphatic heterocycles. The van der Waals surface area contributed by atoms with Gasteiger partial charge in [-0.15, -0.1) is 0 Å². The van der Waals surface area contributed by atoms with Crippen LogP contribution in [0.5, 0.6) is 5.75 Å². The molecule has 0 aliphatic carbocycles. The fraction of sp³-hybridized carbons (Fsp3) is 0.600. The van der Waals surface area contributed by atoms with E-state index in [1.54, 1.807) is 0 Å². The van der Waals surface area contributed by atoms with Crippen molar-refractivity contribution in [2.45, 2.75) is 20.0 Å². The Morgan fingerprint density at radius 1 is 1.21 bits per heavy atom. The molecule has 106 valence electrons. The van der Waals surface area contributed by atoms with Crippen molar-refractivity contribution in [2.75, 3.05) is 44.6 Å². The lowest BCUT2D eigenvalue weighted by molar-refractivity contribution is 0.242. The molecular formula is C15H25N3O. The first-order chi connectivity index (χ1) is 9.24. The van der Waals surface area contributed by atoms with Gasteiger partial charge in [-0.05, 0) is 38.1 Å². The van der Waals surface area contributed by atoms with Crippen molar-refractivity contribution in [3.63, 3.8) is 0 Å². The van der Waals surface area contributed by atoms with E-state index in [1.165, 1.54) is 0 Å². The molecule has 0 saturated carbocycles. The van der Waals surface area contributed by atoms with E-state index >= 15 is 0 Å². The van der Waals surface area contributed by atoms with Crippen molar-refractivity contribution in [3.05, 3.63) is 24.3 Å². The summed E-state index contributed by atoms with van der Waals surface area (Å²) in [6, 6.07) is 8.20. The SMILES string of the molecule is CC(C)Oc1ccc(NCCN2CCNCC2)cc1. The standard InChI is InChI=1S/C15H25N3O/c1-13(2)19-15-5-3-14(4-6-15)17-9-12-18-10-7-16-8-11-18/h3-6,13,16-17H,7-12H2,1-2H3. The molecule has 1 aliphatic rings. The number of hydrogen-bond acceptors (Lipinski definition) is 4. The highest BCUT2D eigenvalue weighted by Crippen LogP contribution is 2.16. The summed E-state index contributed by atoms with van der Waals surface area (Å²) in [6.07, 6.45) is 0.228. The zero-order valence-electron chi connectivity index (χ0n) is 12.0. The Bertz CT molecular complexity index is 358. The molecular weight excluding hydrogens is 238 g/mol. The minimum absolute atomic E-state index is 0.228. The van der Waals surface area contributed by atoms with Crippen LogP contribution < -0.4 is 15.4 Å². The fourth-order valence-corrected chi connectivity index (χ4v) is 2.22. The molecule has 2 N–H and O–H groups in total. The zero-order chi connectivity index (χ0) is 13.5. The molecule has 1 heterocycles. The second-order valence-electron chi connectivity index (χ2n) is 5.21. The molecule has 1 aromatic carbocycles. The van der Waals surface area contributed by atoms with Crippen molar-refractivity contribution in [1.29, 1.82) is 0 Å². The van der Waals surface area contributed by atoms with E-state index in [0.717, 1.165) is 50.7 Å². The fourth-order valence-electron chi connectivity index (χ4n) is 2.22. The molecule has 4 heteroatoms. The van der Waals surface area contributed by atoms with Gasteiger partial charge in [0.1, 0.15) is 5.75 Å². The molecule has 2 rings (SSSR count). The number of anilines is 1. The van der Waals surface area contributed by atoms with Crippen LogP contribution in [0, 0.1) is 0 Å². The molecule has 1 saturated heterocycles. The van der Waals surface area contributed by atoms with E-state index in [2.05, 4.69) is 27.7 Å². The van der Waals surface area contributed by atoms with Gasteiger partial charge in [-0.3, -0.25) is 4.90 Å². The van der Waals surface area contributed by atoms with Gasteiger partial charge in [-0.2, -0.15) is 0 Å². The van der Waals surface area contributed by atoms with Gasteiger partial charge in [0.25, 0.3) is 0 Å². The second kappa shape index (κ2) is 7.36.